The molecule has 0 aromatic rings. The average Bonchev–Trinajstić information content (AvgIpc) is 2.00. The zero-order valence-corrected chi connectivity index (χ0v) is 6.49. The van der Waals surface area contributed by atoms with Gasteiger partial charge in [0.25, 0.3) is 5.91 Å². The first-order valence-corrected chi connectivity index (χ1v) is 3.43. The summed E-state index contributed by atoms with van der Waals surface area (Å²) >= 11 is 0. The molecule has 8 heteroatoms. The van der Waals surface area contributed by atoms with Crippen molar-refractivity contribution in [3.63, 3.8) is 0 Å². The number of rotatable bonds is 1. The lowest BCUT2D eigenvalue weighted by molar-refractivity contribution is -0.485. The third-order valence-electron chi connectivity index (χ3n) is 1.96. The van der Waals surface area contributed by atoms with Crippen LogP contribution in [-0.2, 0) is 0 Å². The number of hydrogen-bond donors (Lipinski definition) is 7. The van der Waals surface area contributed by atoms with E-state index in [2.05, 4.69) is 0 Å². The Balaban J connectivity index is 2.95. The Kier molecular flexibility index (Phi) is 2.14. The maximum atomic E-state index is 9.02. The van der Waals surface area contributed by atoms with Crippen LogP contribution in [-0.4, -0.2) is 65.0 Å². The predicted octanol–water partition coefficient (Wildman–Crippen LogP) is -4.40. The Morgan fingerprint density at radius 1 is 1.00 bits per heavy atom. The molecule has 0 aliphatic carbocycles. The van der Waals surface area contributed by atoms with Gasteiger partial charge >= 0.3 is 6.10 Å². The summed E-state index contributed by atoms with van der Waals surface area (Å²) in [5.74, 6) is -6.24. The molecule has 0 unspecified atom stereocenters. The van der Waals surface area contributed by atoms with Crippen LogP contribution in [0.3, 0.4) is 0 Å². The SMILES string of the molecule is OC(O)(O)N1CCC(O)(O)C1(O)O. The largest absolute Gasteiger partial charge is 0.360 e. The lowest BCUT2D eigenvalue weighted by atomic mass is 10.2. The van der Waals surface area contributed by atoms with Crippen LogP contribution in [0.2, 0.25) is 0 Å². The van der Waals surface area contributed by atoms with Crippen LogP contribution in [0, 0.1) is 0 Å². The molecule has 1 saturated heterocycles. The molecule has 1 heterocycles. The van der Waals surface area contributed by atoms with E-state index in [1.807, 2.05) is 0 Å². The van der Waals surface area contributed by atoms with Gasteiger partial charge in [-0.2, -0.15) is 4.90 Å². The number of aliphatic hydroxyl groups is 7. The molecule has 0 spiro atoms. The summed E-state index contributed by atoms with van der Waals surface area (Å²) in [5, 5.41) is 61.7. The van der Waals surface area contributed by atoms with Gasteiger partial charge in [-0.25, -0.2) is 0 Å². The van der Waals surface area contributed by atoms with Crippen molar-refractivity contribution in [3.05, 3.63) is 0 Å². The lowest BCUT2D eigenvalue weighted by Gasteiger charge is -2.37. The molecule has 1 rings (SSSR count). The van der Waals surface area contributed by atoms with Crippen LogP contribution in [0.25, 0.3) is 0 Å². The van der Waals surface area contributed by atoms with Gasteiger partial charge in [-0.1, -0.05) is 0 Å². The number of hydrogen-bond acceptors (Lipinski definition) is 8. The van der Waals surface area contributed by atoms with E-state index >= 15 is 0 Å². The summed E-state index contributed by atoms with van der Waals surface area (Å²) < 4.78 is 0. The molecule has 0 radical (unpaired) electrons. The van der Waals surface area contributed by atoms with Crippen molar-refractivity contribution >= 4 is 0 Å². The van der Waals surface area contributed by atoms with E-state index < -0.39 is 30.8 Å². The third kappa shape index (κ3) is 1.54. The van der Waals surface area contributed by atoms with Gasteiger partial charge in [0.15, 0.2) is 0 Å². The molecule has 0 aromatic carbocycles. The van der Waals surface area contributed by atoms with E-state index in [1.54, 1.807) is 0 Å². The van der Waals surface area contributed by atoms with Crippen LogP contribution in [0.4, 0.5) is 0 Å². The van der Waals surface area contributed by atoms with Crippen molar-refractivity contribution in [2.45, 2.75) is 24.2 Å². The molecular weight excluding hydrogens is 186 g/mol. The van der Waals surface area contributed by atoms with Crippen molar-refractivity contribution in [2.75, 3.05) is 6.54 Å². The minimum absolute atomic E-state index is 0.0833. The normalized spacial score (nSPS) is 27.9. The predicted molar refractivity (Wildman–Crippen MR) is 35.0 cm³/mol. The van der Waals surface area contributed by atoms with E-state index in [1.165, 1.54) is 0 Å². The highest BCUT2D eigenvalue weighted by Gasteiger charge is 2.62. The molecule has 1 fully saturated rings. The van der Waals surface area contributed by atoms with Gasteiger partial charge in [-0.3, -0.25) is 0 Å². The summed E-state index contributed by atoms with van der Waals surface area (Å²) in [5.41, 5.74) is 0. The van der Waals surface area contributed by atoms with Crippen molar-refractivity contribution in [2.24, 2.45) is 0 Å². The van der Waals surface area contributed by atoms with Gasteiger partial charge < -0.3 is 35.7 Å². The van der Waals surface area contributed by atoms with Gasteiger partial charge in [0.2, 0.25) is 5.79 Å². The third-order valence-corrected chi connectivity index (χ3v) is 1.96. The second-order valence-electron chi connectivity index (χ2n) is 2.95. The van der Waals surface area contributed by atoms with Crippen molar-refractivity contribution in [1.82, 2.24) is 4.90 Å². The van der Waals surface area contributed by atoms with E-state index in [-0.39, 0.29) is 4.90 Å². The first-order valence-electron chi connectivity index (χ1n) is 3.43. The monoisotopic (exact) mass is 197 g/mol. The first kappa shape index (κ1) is 10.8. The number of likely N-dealkylation sites (tertiary alicyclic amines) is 1. The fraction of sp³-hybridized carbons (Fsp3) is 1.00. The van der Waals surface area contributed by atoms with Gasteiger partial charge in [0, 0.05) is 13.0 Å². The Bertz CT molecular complexity index is 207. The average molecular weight is 197 g/mol. The Morgan fingerprint density at radius 3 is 1.62 bits per heavy atom. The van der Waals surface area contributed by atoms with Crippen LogP contribution in [0.15, 0.2) is 0 Å². The summed E-state index contributed by atoms with van der Waals surface area (Å²) in [4.78, 5) is -0.0833. The van der Waals surface area contributed by atoms with E-state index in [0.29, 0.717) is 0 Å². The summed E-state index contributed by atoms with van der Waals surface area (Å²) in [6.45, 7) is -0.510. The Labute approximate surface area is 72.5 Å². The maximum Gasteiger partial charge on any atom is 0.350 e. The molecule has 78 valence electrons. The van der Waals surface area contributed by atoms with Crippen LogP contribution >= 0.6 is 0 Å². The second kappa shape index (κ2) is 2.59. The Morgan fingerprint density at radius 2 is 1.46 bits per heavy atom. The zero-order chi connectivity index (χ0) is 10.5. The molecule has 0 saturated carbocycles. The second-order valence-corrected chi connectivity index (χ2v) is 2.95. The smallest absolute Gasteiger partial charge is 0.350 e. The number of nitrogens with zero attached hydrogens (tertiary/aromatic N) is 1. The van der Waals surface area contributed by atoms with Gasteiger partial charge in [-0.05, 0) is 0 Å². The molecule has 8 nitrogen and oxygen atoms in total. The molecule has 0 amide bonds. The molecule has 1 aliphatic rings. The maximum absolute atomic E-state index is 9.02. The van der Waals surface area contributed by atoms with Crippen LogP contribution < -0.4 is 0 Å². The fourth-order valence-electron chi connectivity index (χ4n) is 1.17. The minimum atomic E-state index is -3.52. The van der Waals surface area contributed by atoms with E-state index in [0.717, 1.165) is 0 Å². The lowest BCUT2D eigenvalue weighted by Crippen LogP contribution is -2.65. The quantitative estimate of drug-likeness (QED) is 0.209. The summed E-state index contributed by atoms with van der Waals surface area (Å²) in [6.07, 6.45) is -4.07. The molecule has 0 aromatic heterocycles. The van der Waals surface area contributed by atoms with Gasteiger partial charge in [0.1, 0.15) is 0 Å². The highest BCUT2D eigenvalue weighted by molar-refractivity contribution is 4.91. The molecular formula is C5H11NO7. The molecule has 7 N–H and O–H groups in total. The first-order chi connectivity index (χ1) is 5.59. The topological polar surface area (TPSA) is 145 Å². The molecule has 0 bridgehead atoms. The fourth-order valence-corrected chi connectivity index (χ4v) is 1.17. The van der Waals surface area contributed by atoms with Crippen molar-refractivity contribution in [1.29, 1.82) is 0 Å². The van der Waals surface area contributed by atoms with Crippen molar-refractivity contribution < 1.29 is 35.7 Å². The summed E-state index contributed by atoms with van der Waals surface area (Å²) in [6, 6.07) is 0. The highest BCUT2D eigenvalue weighted by atomic mass is 16.7. The zero-order valence-electron chi connectivity index (χ0n) is 6.49. The highest BCUT2D eigenvalue weighted by Crippen LogP contribution is 2.35. The van der Waals surface area contributed by atoms with Gasteiger partial charge in [-0.15, -0.1) is 0 Å². The van der Waals surface area contributed by atoms with Crippen LogP contribution in [0.5, 0.6) is 0 Å². The minimum Gasteiger partial charge on any atom is -0.360 e. The van der Waals surface area contributed by atoms with Crippen molar-refractivity contribution in [3.8, 4) is 0 Å². The Hall–Kier alpha value is -0.320. The van der Waals surface area contributed by atoms with E-state index in [4.69, 9.17) is 35.7 Å². The standard InChI is InChI=1S/C5H11NO7/c7-3(8)1-2-6(4(3,9)10)5(11,12)13/h7-13H,1-2H2. The molecule has 0 atom stereocenters. The molecule has 13 heavy (non-hydrogen) atoms. The van der Waals surface area contributed by atoms with E-state index in [9.17, 15) is 0 Å². The molecule has 1 aliphatic heterocycles. The van der Waals surface area contributed by atoms with Gasteiger partial charge in [0.05, 0.1) is 0 Å². The van der Waals surface area contributed by atoms with Crippen LogP contribution in [0.1, 0.15) is 6.42 Å². The summed E-state index contributed by atoms with van der Waals surface area (Å²) in [7, 11) is 0.